The Kier molecular flexibility index (Phi) is 5.42. The van der Waals surface area contributed by atoms with Crippen molar-refractivity contribution in [1.29, 1.82) is 0 Å². The normalized spacial score (nSPS) is 12.6. The highest BCUT2D eigenvalue weighted by Crippen LogP contribution is 2.24. The van der Waals surface area contributed by atoms with Gasteiger partial charge in [-0.15, -0.1) is 0 Å². The van der Waals surface area contributed by atoms with Gasteiger partial charge in [0.1, 0.15) is 12.1 Å². The molecule has 1 aromatic heterocycles. The highest BCUT2D eigenvalue weighted by atomic mass is 79.9. The molecule has 2 aromatic rings. The highest BCUT2D eigenvalue weighted by molar-refractivity contribution is 9.10. The largest absolute Gasteiger partial charge is 0.396 e. The van der Waals surface area contributed by atoms with E-state index in [4.69, 9.17) is 5.11 Å². The monoisotopic (exact) mass is 341 g/mol. The molecule has 1 aromatic carbocycles. The number of nitrogens with zero attached hydrogens (tertiary/aromatic N) is 2. The number of aromatic nitrogens is 2. The minimum absolute atomic E-state index is 0.172. The van der Waals surface area contributed by atoms with E-state index in [1.54, 1.807) is 18.1 Å². The molecule has 0 fully saturated rings. The first-order valence-corrected chi connectivity index (χ1v) is 8.20. The number of hydrogen-bond donors (Lipinski definition) is 2. The molecule has 0 amide bonds. The van der Waals surface area contributed by atoms with Gasteiger partial charge in [0.15, 0.2) is 0 Å². The van der Waals surface area contributed by atoms with Crippen LogP contribution in [0, 0.1) is 0 Å². The molecule has 1 heterocycles. The van der Waals surface area contributed by atoms with Crippen molar-refractivity contribution in [2.75, 3.05) is 23.9 Å². The first-order chi connectivity index (χ1) is 9.24. The Morgan fingerprint density at radius 1 is 1.42 bits per heavy atom. The molecule has 4 nitrogen and oxygen atoms in total. The van der Waals surface area contributed by atoms with Crippen LogP contribution < -0.4 is 5.32 Å². The molecule has 1 unspecified atom stereocenters. The zero-order chi connectivity index (χ0) is 13.7. The summed E-state index contributed by atoms with van der Waals surface area (Å²) >= 11 is 5.22. The average Bonchev–Trinajstić information content (AvgIpc) is 2.40. The van der Waals surface area contributed by atoms with E-state index in [0.29, 0.717) is 6.42 Å². The minimum Gasteiger partial charge on any atom is -0.396 e. The lowest BCUT2D eigenvalue weighted by atomic mass is 10.2. The Morgan fingerprint density at radius 3 is 3.00 bits per heavy atom. The first kappa shape index (κ1) is 14.6. The van der Waals surface area contributed by atoms with E-state index in [1.807, 2.05) is 18.2 Å². The number of thioether (sulfide) groups is 1. The number of nitrogens with one attached hydrogen (secondary N) is 1. The van der Waals surface area contributed by atoms with Crippen molar-refractivity contribution >= 4 is 44.4 Å². The second kappa shape index (κ2) is 7.07. The molecule has 0 spiro atoms. The van der Waals surface area contributed by atoms with Crippen molar-refractivity contribution in [3.8, 4) is 0 Å². The third-order valence-electron chi connectivity index (χ3n) is 2.78. The fourth-order valence-corrected chi connectivity index (χ4v) is 2.90. The predicted octanol–water partition coefficient (Wildman–Crippen LogP) is 2.92. The smallest absolute Gasteiger partial charge is 0.137 e. The molecular formula is C13H16BrN3OS. The fourth-order valence-electron chi connectivity index (χ4n) is 1.89. The van der Waals surface area contributed by atoms with Gasteiger partial charge >= 0.3 is 0 Å². The maximum absolute atomic E-state index is 9.11. The summed E-state index contributed by atoms with van der Waals surface area (Å²) in [6.45, 7) is 0.172. The molecule has 1 atom stereocenters. The first-order valence-electron chi connectivity index (χ1n) is 6.01. The summed E-state index contributed by atoms with van der Waals surface area (Å²) in [7, 11) is 0. The molecular weight excluding hydrogens is 326 g/mol. The number of aliphatic hydroxyl groups excluding tert-OH is 1. The van der Waals surface area contributed by atoms with Crippen LogP contribution in [-0.2, 0) is 0 Å². The van der Waals surface area contributed by atoms with Crippen LogP contribution in [0.2, 0.25) is 0 Å². The van der Waals surface area contributed by atoms with Gasteiger partial charge in [0.25, 0.3) is 0 Å². The van der Waals surface area contributed by atoms with Crippen molar-refractivity contribution in [2.45, 2.75) is 12.5 Å². The SMILES string of the molecule is CSCC(CCO)Nc1ncnc2ccc(Br)cc12. The molecule has 0 bridgehead atoms. The van der Waals surface area contributed by atoms with E-state index in [2.05, 4.69) is 37.5 Å². The van der Waals surface area contributed by atoms with Gasteiger partial charge in [-0.25, -0.2) is 9.97 Å². The lowest BCUT2D eigenvalue weighted by Gasteiger charge is -2.18. The lowest BCUT2D eigenvalue weighted by molar-refractivity contribution is 0.282. The van der Waals surface area contributed by atoms with Gasteiger partial charge in [0.2, 0.25) is 0 Å². The summed E-state index contributed by atoms with van der Waals surface area (Å²) in [6.07, 6.45) is 4.33. The highest BCUT2D eigenvalue weighted by Gasteiger charge is 2.11. The molecule has 0 aliphatic heterocycles. The van der Waals surface area contributed by atoms with Crippen LogP contribution in [-0.4, -0.2) is 39.7 Å². The molecule has 2 N–H and O–H groups in total. The zero-order valence-electron chi connectivity index (χ0n) is 10.6. The maximum Gasteiger partial charge on any atom is 0.137 e. The van der Waals surface area contributed by atoms with Crippen LogP contribution in [0.3, 0.4) is 0 Å². The van der Waals surface area contributed by atoms with Gasteiger partial charge < -0.3 is 10.4 Å². The number of anilines is 1. The van der Waals surface area contributed by atoms with E-state index in [1.165, 1.54) is 0 Å². The van der Waals surface area contributed by atoms with Crippen LogP contribution in [0.25, 0.3) is 10.9 Å². The molecule has 0 aliphatic rings. The molecule has 19 heavy (non-hydrogen) atoms. The number of fused-ring (bicyclic) bond motifs is 1. The Bertz CT molecular complexity index is 546. The lowest BCUT2D eigenvalue weighted by Crippen LogP contribution is -2.24. The average molecular weight is 342 g/mol. The summed E-state index contributed by atoms with van der Waals surface area (Å²) in [5.74, 6) is 1.75. The topological polar surface area (TPSA) is 58.0 Å². The second-order valence-electron chi connectivity index (χ2n) is 4.19. The van der Waals surface area contributed by atoms with Crippen molar-refractivity contribution in [1.82, 2.24) is 9.97 Å². The van der Waals surface area contributed by atoms with Crippen LogP contribution >= 0.6 is 27.7 Å². The van der Waals surface area contributed by atoms with E-state index >= 15 is 0 Å². The third-order valence-corrected chi connectivity index (χ3v) is 4.01. The molecule has 2 rings (SSSR count). The van der Waals surface area contributed by atoms with E-state index in [0.717, 1.165) is 26.9 Å². The van der Waals surface area contributed by atoms with Gasteiger partial charge in [-0.05, 0) is 30.9 Å². The van der Waals surface area contributed by atoms with Crippen molar-refractivity contribution in [3.63, 3.8) is 0 Å². The molecule has 102 valence electrons. The molecule has 0 saturated heterocycles. The van der Waals surface area contributed by atoms with Crippen LogP contribution in [0.15, 0.2) is 29.0 Å². The van der Waals surface area contributed by atoms with Crippen LogP contribution in [0.1, 0.15) is 6.42 Å². The van der Waals surface area contributed by atoms with Gasteiger partial charge in [0.05, 0.1) is 5.52 Å². The minimum atomic E-state index is 0.172. The Balaban J connectivity index is 2.30. The summed E-state index contributed by atoms with van der Waals surface area (Å²) in [6, 6.07) is 6.14. The van der Waals surface area contributed by atoms with Crippen LogP contribution in [0.4, 0.5) is 5.82 Å². The molecule has 6 heteroatoms. The van der Waals surface area contributed by atoms with E-state index < -0.39 is 0 Å². The van der Waals surface area contributed by atoms with Crippen molar-refractivity contribution in [3.05, 3.63) is 29.0 Å². The van der Waals surface area contributed by atoms with Crippen molar-refractivity contribution < 1.29 is 5.11 Å². The van der Waals surface area contributed by atoms with E-state index in [9.17, 15) is 0 Å². The summed E-state index contributed by atoms with van der Waals surface area (Å²) in [4.78, 5) is 8.57. The van der Waals surface area contributed by atoms with Crippen molar-refractivity contribution in [2.24, 2.45) is 0 Å². The number of aliphatic hydroxyl groups is 1. The Labute approximate surface area is 125 Å². The fraction of sp³-hybridized carbons (Fsp3) is 0.385. The number of rotatable bonds is 6. The quantitative estimate of drug-likeness (QED) is 0.845. The zero-order valence-corrected chi connectivity index (χ0v) is 13.0. The van der Waals surface area contributed by atoms with Gasteiger partial charge in [-0.1, -0.05) is 15.9 Å². The number of halogens is 1. The summed E-state index contributed by atoms with van der Waals surface area (Å²) in [5, 5.41) is 13.5. The molecule has 0 saturated carbocycles. The molecule has 0 radical (unpaired) electrons. The summed E-state index contributed by atoms with van der Waals surface area (Å²) in [5.41, 5.74) is 0.910. The second-order valence-corrected chi connectivity index (χ2v) is 6.02. The molecule has 0 aliphatic carbocycles. The van der Waals surface area contributed by atoms with Gasteiger partial charge in [0, 0.05) is 28.3 Å². The number of benzene rings is 1. The standard InChI is InChI=1S/C13H16BrN3OS/c1-19-7-10(4-5-18)17-13-11-6-9(14)2-3-12(11)15-8-16-13/h2-3,6,8,10,18H,4-5,7H2,1H3,(H,15,16,17). The summed E-state index contributed by atoms with van der Waals surface area (Å²) < 4.78 is 1.00. The Hall–Kier alpha value is -0.850. The maximum atomic E-state index is 9.11. The van der Waals surface area contributed by atoms with E-state index in [-0.39, 0.29) is 12.6 Å². The number of hydrogen-bond acceptors (Lipinski definition) is 5. The Morgan fingerprint density at radius 2 is 2.26 bits per heavy atom. The van der Waals surface area contributed by atoms with Gasteiger partial charge in [-0.3, -0.25) is 0 Å². The third kappa shape index (κ3) is 3.81. The predicted molar refractivity (Wildman–Crippen MR) is 84.7 cm³/mol. The van der Waals surface area contributed by atoms with Crippen LogP contribution in [0.5, 0.6) is 0 Å². The van der Waals surface area contributed by atoms with Gasteiger partial charge in [-0.2, -0.15) is 11.8 Å².